The Morgan fingerprint density at radius 2 is 1.33 bits per heavy atom. The van der Waals surface area contributed by atoms with Crippen LogP contribution in [0.4, 0.5) is 0 Å². The van der Waals surface area contributed by atoms with Crippen molar-refractivity contribution in [3.8, 4) is 0 Å². The number of hydrogen-bond acceptors (Lipinski definition) is 4. The van der Waals surface area contributed by atoms with Crippen molar-refractivity contribution in [3.05, 3.63) is 0 Å². The first-order valence-corrected chi connectivity index (χ1v) is 4.83. The lowest BCUT2D eigenvalue weighted by Gasteiger charge is -2.14. The Bertz CT molecular complexity index is 196. The molecule has 0 aromatic heterocycles. The highest BCUT2D eigenvalue weighted by Crippen LogP contribution is 1.87. The van der Waals surface area contributed by atoms with Gasteiger partial charge in [-0.1, -0.05) is 0 Å². The molecule has 0 aromatic carbocycles. The molecule has 0 aliphatic carbocycles. The SMILES string of the molecule is CC(O)S(=O)(=O)[O-].C[N+](C)(C)C. The van der Waals surface area contributed by atoms with Crippen LogP contribution in [0.2, 0.25) is 0 Å². The number of hydrogen-bond donors (Lipinski definition) is 1. The molecular weight excluding hydrogens is 182 g/mol. The maximum atomic E-state index is 9.53. The largest absolute Gasteiger partial charge is 0.746 e. The fourth-order valence-corrected chi connectivity index (χ4v) is 0. The average molecular weight is 199 g/mol. The van der Waals surface area contributed by atoms with E-state index in [0.717, 1.165) is 11.4 Å². The molecule has 0 bridgehead atoms. The minimum atomic E-state index is -4.44. The first-order chi connectivity index (χ1) is 4.94. The summed E-state index contributed by atoms with van der Waals surface area (Å²) in [4.78, 5) is 0. The molecule has 76 valence electrons. The van der Waals surface area contributed by atoms with E-state index in [2.05, 4.69) is 28.2 Å². The van der Waals surface area contributed by atoms with E-state index in [4.69, 9.17) is 5.11 Å². The second kappa shape index (κ2) is 4.76. The van der Waals surface area contributed by atoms with Gasteiger partial charge < -0.3 is 14.1 Å². The molecule has 1 atom stereocenters. The molecule has 0 aliphatic rings. The number of rotatable bonds is 1. The molecule has 0 fully saturated rings. The van der Waals surface area contributed by atoms with E-state index >= 15 is 0 Å². The number of nitrogens with zero attached hydrogens (tertiary/aromatic N) is 1. The van der Waals surface area contributed by atoms with Gasteiger partial charge in [-0.15, -0.1) is 0 Å². The quantitative estimate of drug-likeness (QED) is 0.442. The number of quaternary nitrogens is 1. The van der Waals surface area contributed by atoms with Crippen LogP contribution in [-0.2, 0) is 10.1 Å². The van der Waals surface area contributed by atoms with Gasteiger partial charge in [-0.2, -0.15) is 0 Å². The molecule has 0 radical (unpaired) electrons. The van der Waals surface area contributed by atoms with E-state index in [0.29, 0.717) is 0 Å². The highest BCUT2D eigenvalue weighted by atomic mass is 32.2. The molecule has 0 aliphatic heterocycles. The van der Waals surface area contributed by atoms with Crippen LogP contribution in [-0.4, -0.2) is 56.2 Å². The summed E-state index contributed by atoms with van der Waals surface area (Å²) in [5.41, 5.74) is -1.78. The summed E-state index contributed by atoms with van der Waals surface area (Å²) >= 11 is 0. The van der Waals surface area contributed by atoms with Crippen LogP contribution in [0.25, 0.3) is 0 Å². The Morgan fingerprint density at radius 1 is 1.25 bits per heavy atom. The molecule has 0 amide bonds. The van der Waals surface area contributed by atoms with E-state index in [1.54, 1.807) is 0 Å². The summed E-state index contributed by atoms with van der Waals surface area (Å²) < 4.78 is 29.6. The van der Waals surface area contributed by atoms with Gasteiger partial charge in [0.1, 0.15) is 15.6 Å². The Hall–Kier alpha value is -0.170. The third-order valence-corrected chi connectivity index (χ3v) is 1.25. The van der Waals surface area contributed by atoms with E-state index in [1.807, 2.05) is 0 Å². The number of aliphatic hydroxyl groups is 1. The Labute approximate surface area is 74.0 Å². The minimum absolute atomic E-state index is 0.905. The van der Waals surface area contributed by atoms with E-state index in [9.17, 15) is 13.0 Å². The van der Waals surface area contributed by atoms with Crippen LogP contribution >= 0.6 is 0 Å². The topological polar surface area (TPSA) is 77.4 Å². The van der Waals surface area contributed by atoms with Gasteiger partial charge in [-0.25, -0.2) is 8.42 Å². The lowest BCUT2D eigenvalue weighted by molar-refractivity contribution is -0.849. The minimum Gasteiger partial charge on any atom is -0.746 e. The van der Waals surface area contributed by atoms with E-state index in [1.165, 1.54) is 0 Å². The summed E-state index contributed by atoms with van der Waals surface area (Å²) in [6.07, 6.45) is 0. The first kappa shape index (κ1) is 14.4. The fourth-order valence-electron chi connectivity index (χ4n) is 0. The predicted octanol–water partition coefficient (Wildman–Crippen LogP) is -0.808. The van der Waals surface area contributed by atoms with Crippen LogP contribution in [0, 0.1) is 0 Å². The molecule has 12 heavy (non-hydrogen) atoms. The highest BCUT2D eigenvalue weighted by molar-refractivity contribution is 7.86. The van der Waals surface area contributed by atoms with Crippen LogP contribution in [0.1, 0.15) is 6.92 Å². The third-order valence-electron chi connectivity index (χ3n) is 0.418. The molecule has 0 spiro atoms. The lowest BCUT2D eigenvalue weighted by atomic mass is 10.8. The molecule has 0 saturated carbocycles. The Balaban J connectivity index is 0. The predicted molar refractivity (Wildman–Crippen MR) is 45.3 cm³/mol. The average Bonchev–Trinajstić information content (AvgIpc) is 1.55. The second-order valence-corrected chi connectivity index (χ2v) is 5.44. The number of aliphatic hydroxyl groups excluding tert-OH is 1. The van der Waals surface area contributed by atoms with Gasteiger partial charge in [0, 0.05) is 0 Å². The monoisotopic (exact) mass is 199 g/mol. The molecule has 6 heteroatoms. The van der Waals surface area contributed by atoms with Crippen molar-refractivity contribution in [2.45, 2.75) is 12.4 Å². The Morgan fingerprint density at radius 3 is 1.33 bits per heavy atom. The summed E-state index contributed by atoms with van der Waals surface area (Å²) in [6.45, 7) is 0.905. The molecule has 0 aromatic rings. The molecular formula is C6H17NO4S. The van der Waals surface area contributed by atoms with Crippen LogP contribution in [0.3, 0.4) is 0 Å². The molecule has 5 nitrogen and oxygen atoms in total. The van der Waals surface area contributed by atoms with Gasteiger partial charge >= 0.3 is 0 Å². The normalized spacial score (nSPS) is 14.6. The van der Waals surface area contributed by atoms with Gasteiger partial charge in [0.2, 0.25) is 0 Å². The lowest BCUT2D eigenvalue weighted by Crippen LogP contribution is -2.27. The molecule has 0 rings (SSSR count). The first-order valence-electron chi connectivity index (χ1n) is 3.36. The van der Waals surface area contributed by atoms with Gasteiger partial charge in [0.15, 0.2) is 0 Å². The smallest absolute Gasteiger partial charge is 0.140 e. The molecule has 0 heterocycles. The van der Waals surface area contributed by atoms with Gasteiger partial charge in [0.25, 0.3) is 0 Å². The highest BCUT2D eigenvalue weighted by Gasteiger charge is 2.00. The van der Waals surface area contributed by atoms with E-state index < -0.39 is 15.6 Å². The van der Waals surface area contributed by atoms with Crippen molar-refractivity contribution >= 4 is 10.1 Å². The van der Waals surface area contributed by atoms with Gasteiger partial charge in [-0.3, -0.25) is 0 Å². The molecule has 1 N–H and O–H groups in total. The zero-order valence-corrected chi connectivity index (χ0v) is 8.92. The van der Waals surface area contributed by atoms with Crippen molar-refractivity contribution in [2.75, 3.05) is 28.2 Å². The van der Waals surface area contributed by atoms with Crippen LogP contribution < -0.4 is 0 Å². The van der Waals surface area contributed by atoms with Crippen molar-refractivity contribution in [2.24, 2.45) is 0 Å². The van der Waals surface area contributed by atoms with Crippen molar-refractivity contribution in [1.82, 2.24) is 0 Å². The summed E-state index contributed by atoms with van der Waals surface area (Å²) in [7, 11) is 4.06. The summed E-state index contributed by atoms with van der Waals surface area (Å²) in [5.74, 6) is 0. The molecule has 1 unspecified atom stereocenters. The zero-order valence-electron chi connectivity index (χ0n) is 8.10. The van der Waals surface area contributed by atoms with Gasteiger partial charge in [-0.05, 0) is 6.92 Å². The maximum absolute atomic E-state index is 9.53. The Kier molecular flexibility index (Phi) is 5.69. The zero-order chi connectivity index (χ0) is 10.6. The van der Waals surface area contributed by atoms with Crippen molar-refractivity contribution in [3.63, 3.8) is 0 Å². The fraction of sp³-hybridized carbons (Fsp3) is 1.00. The third kappa shape index (κ3) is 22.5. The van der Waals surface area contributed by atoms with Crippen molar-refractivity contribution < 1.29 is 22.6 Å². The second-order valence-electron chi connectivity index (χ2n) is 3.78. The van der Waals surface area contributed by atoms with Crippen LogP contribution in [0.5, 0.6) is 0 Å². The van der Waals surface area contributed by atoms with Crippen molar-refractivity contribution in [1.29, 1.82) is 0 Å². The van der Waals surface area contributed by atoms with E-state index in [-0.39, 0.29) is 0 Å². The maximum Gasteiger partial charge on any atom is 0.140 e. The standard InChI is InChI=1S/C4H12N.C2H6O4S/c1-5(2,3)4;1-2(3)7(4,5)6/h1-4H3;2-3H,1H3,(H,4,5,6)/q+1;/p-1. The van der Waals surface area contributed by atoms with Gasteiger partial charge in [0.05, 0.1) is 28.2 Å². The molecule has 0 saturated heterocycles. The summed E-state index contributed by atoms with van der Waals surface area (Å²) in [6, 6.07) is 0. The van der Waals surface area contributed by atoms with Crippen LogP contribution in [0.15, 0.2) is 0 Å². The summed E-state index contributed by atoms with van der Waals surface area (Å²) in [5, 5.41) is 7.99.